The van der Waals surface area contributed by atoms with Gasteiger partial charge in [0.15, 0.2) is 0 Å². The lowest BCUT2D eigenvalue weighted by molar-refractivity contribution is -0.132. The second-order valence-corrected chi connectivity index (χ2v) is 11.3. The van der Waals surface area contributed by atoms with Crippen LogP contribution in [0.15, 0.2) is 29.6 Å². The molecule has 2 aliphatic heterocycles. The fourth-order valence-electron chi connectivity index (χ4n) is 5.73. The van der Waals surface area contributed by atoms with Crippen LogP contribution in [-0.2, 0) is 22.6 Å². The van der Waals surface area contributed by atoms with Gasteiger partial charge >= 0.3 is 0 Å². The summed E-state index contributed by atoms with van der Waals surface area (Å²) >= 11 is 1.60. The van der Waals surface area contributed by atoms with Gasteiger partial charge in [0, 0.05) is 56.3 Å². The van der Waals surface area contributed by atoms with Crippen molar-refractivity contribution < 1.29 is 9.59 Å². The maximum Gasteiger partial charge on any atom is 0.228 e. The van der Waals surface area contributed by atoms with Crippen LogP contribution >= 0.6 is 11.3 Å². The highest BCUT2D eigenvalue weighted by Gasteiger charge is 2.37. The van der Waals surface area contributed by atoms with Gasteiger partial charge < -0.3 is 9.80 Å². The summed E-state index contributed by atoms with van der Waals surface area (Å²) in [5, 5.41) is 2.99. The lowest BCUT2D eigenvalue weighted by Crippen LogP contribution is -2.53. The van der Waals surface area contributed by atoms with E-state index in [1.165, 1.54) is 25.7 Å². The molecule has 2 bridgehead atoms. The first-order chi connectivity index (χ1) is 16.5. The van der Waals surface area contributed by atoms with E-state index in [0.29, 0.717) is 25.0 Å². The quantitative estimate of drug-likeness (QED) is 0.650. The van der Waals surface area contributed by atoms with Crippen molar-refractivity contribution in [3.63, 3.8) is 0 Å². The number of aromatic nitrogens is 1. The normalized spacial score (nSPS) is 23.8. The van der Waals surface area contributed by atoms with Gasteiger partial charge in [0.05, 0.1) is 17.1 Å². The molecule has 2 fully saturated rings. The van der Waals surface area contributed by atoms with E-state index in [-0.39, 0.29) is 11.8 Å². The second kappa shape index (κ2) is 10.2. The third-order valence-corrected chi connectivity index (χ3v) is 8.49. The zero-order valence-corrected chi connectivity index (χ0v) is 21.2. The first kappa shape index (κ1) is 23.5. The van der Waals surface area contributed by atoms with Crippen LogP contribution in [0.4, 0.5) is 5.69 Å². The molecular formula is C27H36N4O2S. The largest absolute Gasteiger partial charge is 0.336 e. The van der Waals surface area contributed by atoms with Crippen molar-refractivity contribution in [1.82, 2.24) is 14.8 Å². The maximum absolute atomic E-state index is 13.6. The summed E-state index contributed by atoms with van der Waals surface area (Å²) in [7, 11) is 0. The Kier molecular flexibility index (Phi) is 7.02. The van der Waals surface area contributed by atoms with Crippen LogP contribution in [0, 0.1) is 12.8 Å². The molecule has 3 heterocycles. The fourth-order valence-corrected chi connectivity index (χ4v) is 6.34. The zero-order chi connectivity index (χ0) is 23.7. The Bertz CT molecular complexity index is 1030. The summed E-state index contributed by atoms with van der Waals surface area (Å²) in [6, 6.07) is 8.98. The summed E-state index contributed by atoms with van der Waals surface area (Å²) in [5.41, 5.74) is 2.85. The molecule has 34 heavy (non-hydrogen) atoms. The molecule has 1 saturated carbocycles. The molecular weight excluding hydrogens is 444 g/mol. The van der Waals surface area contributed by atoms with Crippen molar-refractivity contribution in [2.45, 2.75) is 77.4 Å². The number of amides is 2. The number of fused-ring (bicyclic) bond motifs is 3. The van der Waals surface area contributed by atoms with Crippen LogP contribution in [0.3, 0.4) is 0 Å². The van der Waals surface area contributed by atoms with Gasteiger partial charge in [-0.2, -0.15) is 0 Å². The number of nitrogens with zero attached hydrogens (tertiary/aromatic N) is 4. The Labute approximate surface area is 207 Å². The third kappa shape index (κ3) is 5.36. The molecule has 1 aromatic heterocycles. The summed E-state index contributed by atoms with van der Waals surface area (Å²) in [4.78, 5) is 37.6. The highest BCUT2D eigenvalue weighted by Crippen LogP contribution is 2.36. The van der Waals surface area contributed by atoms with Crippen LogP contribution in [0.1, 0.15) is 61.7 Å². The minimum Gasteiger partial charge on any atom is -0.336 e. The molecule has 0 N–H and O–H groups in total. The minimum absolute atomic E-state index is 0.0728. The van der Waals surface area contributed by atoms with E-state index in [2.05, 4.69) is 16.0 Å². The molecule has 1 aliphatic carbocycles. The van der Waals surface area contributed by atoms with Crippen LogP contribution in [-0.4, -0.2) is 58.3 Å². The first-order valence-corrected chi connectivity index (χ1v) is 13.7. The SMILES string of the molecule is CC(=O)N1CCC2CCCC(CN(C(=O)Cc3csc(C)n3)Cc3ccccc31)N2CC1CC1. The van der Waals surface area contributed by atoms with Crippen molar-refractivity contribution in [3.8, 4) is 0 Å². The van der Waals surface area contributed by atoms with E-state index >= 15 is 0 Å². The van der Waals surface area contributed by atoms with Crippen molar-refractivity contribution in [1.29, 1.82) is 0 Å². The van der Waals surface area contributed by atoms with Gasteiger partial charge in [-0.15, -0.1) is 11.3 Å². The molecule has 2 unspecified atom stereocenters. The number of benzene rings is 1. The number of carbonyl (C=O) groups excluding carboxylic acids is 2. The van der Waals surface area contributed by atoms with Crippen LogP contribution < -0.4 is 4.90 Å². The van der Waals surface area contributed by atoms with Gasteiger partial charge in [-0.05, 0) is 56.6 Å². The topological polar surface area (TPSA) is 56.8 Å². The molecule has 2 atom stereocenters. The molecule has 7 heteroatoms. The third-order valence-electron chi connectivity index (χ3n) is 7.67. The number of thiazole rings is 1. The zero-order valence-electron chi connectivity index (χ0n) is 20.4. The molecule has 5 rings (SSSR count). The average molecular weight is 481 g/mol. The predicted molar refractivity (Wildman–Crippen MR) is 136 cm³/mol. The summed E-state index contributed by atoms with van der Waals surface area (Å²) < 4.78 is 0. The van der Waals surface area contributed by atoms with Crippen LogP contribution in [0.5, 0.6) is 0 Å². The maximum atomic E-state index is 13.6. The standard InChI is InChI=1S/C27H36N4O2S/c1-19-28-23(18-34-19)14-27(33)29-16-22-6-3-4-9-26(22)30(20(2)32)13-12-24-7-5-8-25(17-29)31(24)15-21-10-11-21/h3-4,6,9,18,21,24-25H,5,7-8,10-17H2,1-2H3. The summed E-state index contributed by atoms with van der Waals surface area (Å²) in [5.74, 6) is 1.00. The number of anilines is 1. The van der Waals surface area contributed by atoms with Gasteiger partial charge in [-0.3, -0.25) is 14.5 Å². The van der Waals surface area contributed by atoms with Crippen molar-refractivity contribution in [3.05, 3.63) is 45.9 Å². The van der Waals surface area contributed by atoms with Crippen LogP contribution in [0.2, 0.25) is 0 Å². The molecule has 1 saturated heterocycles. The smallest absolute Gasteiger partial charge is 0.228 e. The molecule has 3 aliphatic rings. The Morgan fingerprint density at radius 1 is 1.09 bits per heavy atom. The van der Waals surface area contributed by atoms with Crippen molar-refractivity contribution >= 4 is 28.8 Å². The highest BCUT2D eigenvalue weighted by molar-refractivity contribution is 7.09. The van der Waals surface area contributed by atoms with E-state index in [0.717, 1.165) is 60.3 Å². The predicted octanol–water partition coefficient (Wildman–Crippen LogP) is 4.41. The number of rotatable bonds is 4. The number of aryl methyl sites for hydroxylation is 1. The fraction of sp³-hybridized carbons (Fsp3) is 0.593. The van der Waals surface area contributed by atoms with E-state index < -0.39 is 0 Å². The molecule has 0 radical (unpaired) electrons. The molecule has 0 spiro atoms. The lowest BCUT2D eigenvalue weighted by atomic mass is 9.92. The van der Waals surface area contributed by atoms with E-state index in [1.807, 2.05) is 40.3 Å². The van der Waals surface area contributed by atoms with E-state index in [9.17, 15) is 9.59 Å². The number of carbonyl (C=O) groups is 2. The number of hydrogen-bond acceptors (Lipinski definition) is 5. The number of hydrogen-bond donors (Lipinski definition) is 0. The van der Waals surface area contributed by atoms with Crippen molar-refractivity contribution in [2.24, 2.45) is 5.92 Å². The molecule has 2 aromatic rings. The Morgan fingerprint density at radius 2 is 1.88 bits per heavy atom. The van der Waals surface area contributed by atoms with Gasteiger partial charge in [-0.1, -0.05) is 24.6 Å². The highest BCUT2D eigenvalue weighted by atomic mass is 32.1. The Morgan fingerprint density at radius 3 is 2.62 bits per heavy atom. The number of piperidine rings is 1. The van der Waals surface area contributed by atoms with Crippen molar-refractivity contribution in [2.75, 3.05) is 24.5 Å². The number of para-hydroxylation sites is 1. The Hall–Kier alpha value is -2.25. The van der Waals surface area contributed by atoms with Gasteiger partial charge in [0.25, 0.3) is 0 Å². The van der Waals surface area contributed by atoms with Gasteiger partial charge in [0.1, 0.15) is 0 Å². The van der Waals surface area contributed by atoms with E-state index in [4.69, 9.17) is 0 Å². The molecule has 182 valence electrons. The molecule has 6 nitrogen and oxygen atoms in total. The molecule has 2 amide bonds. The van der Waals surface area contributed by atoms with E-state index in [1.54, 1.807) is 18.3 Å². The minimum atomic E-state index is 0.0728. The van der Waals surface area contributed by atoms with Gasteiger partial charge in [0.2, 0.25) is 11.8 Å². The van der Waals surface area contributed by atoms with Gasteiger partial charge in [-0.25, -0.2) is 4.98 Å². The monoisotopic (exact) mass is 480 g/mol. The Balaban J connectivity index is 1.49. The average Bonchev–Trinajstić information content (AvgIpc) is 3.54. The first-order valence-electron chi connectivity index (χ1n) is 12.8. The lowest BCUT2D eigenvalue weighted by Gasteiger charge is -2.44. The summed E-state index contributed by atoms with van der Waals surface area (Å²) in [6.07, 6.45) is 7.49. The van der Waals surface area contributed by atoms with Crippen LogP contribution in [0.25, 0.3) is 0 Å². The second-order valence-electron chi connectivity index (χ2n) is 10.3. The molecule has 1 aromatic carbocycles. The summed E-state index contributed by atoms with van der Waals surface area (Å²) in [6.45, 7) is 6.79.